The minimum atomic E-state index is -0.294. The van der Waals surface area contributed by atoms with E-state index in [0.29, 0.717) is 24.3 Å². The SMILES string of the molecule is COc1cccc(CCNC(=O)Nc2cccc(NC(C)=O)c2)c1. The van der Waals surface area contributed by atoms with Crippen LogP contribution < -0.4 is 20.7 Å². The summed E-state index contributed by atoms with van der Waals surface area (Å²) in [4.78, 5) is 23.0. The van der Waals surface area contributed by atoms with Crippen LogP contribution in [0.4, 0.5) is 16.2 Å². The van der Waals surface area contributed by atoms with Gasteiger partial charge in [-0.05, 0) is 42.3 Å². The van der Waals surface area contributed by atoms with E-state index in [1.807, 2.05) is 24.3 Å². The molecule has 0 aliphatic rings. The van der Waals surface area contributed by atoms with Crippen LogP contribution in [0.25, 0.3) is 0 Å². The first-order valence-electron chi connectivity index (χ1n) is 7.62. The van der Waals surface area contributed by atoms with E-state index in [1.54, 1.807) is 31.4 Å². The number of hydrogen-bond donors (Lipinski definition) is 3. The van der Waals surface area contributed by atoms with Crippen LogP contribution in [0.15, 0.2) is 48.5 Å². The fourth-order valence-electron chi connectivity index (χ4n) is 2.20. The number of nitrogens with one attached hydrogen (secondary N) is 3. The van der Waals surface area contributed by atoms with Crippen LogP contribution in [-0.2, 0) is 11.2 Å². The fraction of sp³-hybridized carbons (Fsp3) is 0.222. The topological polar surface area (TPSA) is 79.5 Å². The van der Waals surface area contributed by atoms with E-state index in [1.165, 1.54) is 6.92 Å². The average molecular weight is 327 g/mol. The van der Waals surface area contributed by atoms with Crippen molar-refractivity contribution in [3.63, 3.8) is 0 Å². The van der Waals surface area contributed by atoms with Crippen molar-refractivity contribution in [2.24, 2.45) is 0 Å². The maximum Gasteiger partial charge on any atom is 0.319 e. The normalized spacial score (nSPS) is 9.92. The lowest BCUT2D eigenvalue weighted by Crippen LogP contribution is -2.30. The van der Waals surface area contributed by atoms with E-state index in [-0.39, 0.29) is 11.9 Å². The lowest BCUT2D eigenvalue weighted by atomic mass is 10.1. The van der Waals surface area contributed by atoms with Crippen molar-refractivity contribution < 1.29 is 14.3 Å². The third-order valence-corrected chi connectivity index (χ3v) is 3.27. The van der Waals surface area contributed by atoms with E-state index >= 15 is 0 Å². The van der Waals surface area contributed by atoms with Crippen LogP contribution in [-0.4, -0.2) is 25.6 Å². The van der Waals surface area contributed by atoms with E-state index in [9.17, 15) is 9.59 Å². The number of amides is 3. The highest BCUT2D eigenvalue weighted by atomic mass is 16.5. The third kappa shape index (κ3) is 5.64. The van der Waals surface area contributed by atoms with Gasteiger partial charge in [0.25, 0.3) is 0 Å². The Morgan fingerprint density at radius 3 is 2.42 bits per heavy atom. The molecule has 0 unspecified atom stereocenters. The highest BCUT2D eigenvalue weighted by Gasteiger charge is 2.03. The first-order chi connectivity index (χ1) is 11.6. The number of hydrogen-bond acceptors (Lipinski definition) is 3. The predicted molar refractivity (Wildman–Crippen MR) is 94.5 cm³/mol. The highest BCUT2D eigenvalue weighted by molar-refractivity contribution is 5.92. The van der Waals surface area contributed by atoms with Gasteiger partial charge >= 0.3 is 6.03 Å². The zero-order chi connectivity index (χ0) is 17.4. The molecule has 24 heavy (non-hydrogen) atoms. The van der Waals surface area contributed by atoms with Crippen LogP contribution in [0.5, 0.6) is 5.75 Å². The molecule has 3 N–H and O–H groups in total. The standard InChI is InChI=1S/C18H21N3O3/c1-13(22)20-15-6-4-7-16(12-15)21-18(23)19-10-9-14-5-3-8-17(11-14)24-2/h3-8,11-12H,9-10H2,1-2H3,(H,20,22)(H2,19,21,23). The van der Waals surface area contributed by atoms with Gasteiger partial charge in [-0.1, -0.05) is 18.2 Å². The lowest BCUT2D eigenvalue weighted by molar-refractivity contribution is -0.114. The van der Waals surface area contributed by atoms with E-state index in [4.69, 9.17) is 4.74 Å². The molecule has 0 saturated heterocycles. The zero-order valence-electron chi connectivity index (χ0n) is 13.8. The van der Waals surface area contributed by atoms with Crippen molar-refractivity contribution in [2.45, 2.75) is 13.3 Å². The van der Waals surface area contributed by atoms with E-state index < -0.39 is 0 Å². The van der Waals surface area contributed by atoms with Gasteiger partial charge in [-0.2, -0.15) is 0 Å². The number of carbonyl (C=O) groups excluding carboxylic acids is 2. The summed E-state index contributed by atoms with van der Waals surface area (Å²) in [5, 5.41) is 8.21. The van der Waals surface area contributed by atoms with Crippen molar-refractivity contribution in [1.29, 1.82) is 0 Å². The molecule has 6 heteroatoms. The number of rotatable bonds is 6. The van der Waals surface area contributed by atoms with Gasteiger partial charge in [0.2, 0.25) is 5.91 Å². The number of benzene rings is 2. The summed E-state index contributed by atoms with van der Waals surface area (Å²) in [7, 11) is 1.62. The molecule has 126 valence electrons. The van der Waals surface area contributed by atoms with Gasteiger partial charge in [0.1, 0.15) is 5.75 Å². The minimum absolute atomic E-state index is 0.158. The van der Waals surface area contributed by atoms with Crippen LogP contribution in [0, 0.1) is 0 Å². The zero-order valence-corrected chi connectivity index (χ0v) is 13.8. The summed E-state index contributed by atoms with van der Waals surface area (Å²) in [5.41, 5.74) is 2.33. The molecule has 0 saturated carbocycles. The number of methoxy groups -OCH3 is 1. The highest BCUT2D eigenvalue weighted by Crippen LogP contribution is 2.15. The summed E-state index contributed by atoms with van der Waals surface area (Å²) >= 11 is 0. The first kappa shape index (κ1) is 17.3. The van der Waals surface area contributed by atoms with Crippen molar-refractivity contribution in [3.8, 4) is 5.75 Å². The van der Waals surface area contributed by atoms with Gasteiger partial charge in [0.15, 0.2) is 0 Å². The molecule has 6 nitrogen and oxygen atoms in total. The maximum absolute atomic E-state index is 11.9. The second-order valence-electron chi connectivity index (χ2n) is 5.24. The van der Waals surface area contributed by atoms with Crippen LogP contribution >= 0.6 is 0 Å². The van der Waals surface area contributed by atoms with Crippen molar-refractivity contribution in [3.05, 3.63) is 54.1 Å². The molecule has 3 amide bonds. The minimum Gasteiger partial charge on any atom is -0.497 e. The van der Waals surface area contributed by atoms with Crippen molar-refractivity contribution >= 4 is 23.3 Å². The number of anilines is 2. The van der Waals surface area contributed by atoms with Crippen LogP contribution in [0.3, 0.4) is 0 Å². The quantitative estimate of drug-likeness (QED) is 0.763. The summed E-state index contributed by atoms with van der Waals surface area (Å²) in [6, 6.07) is 14.4. The molecule has 0 atom stereocenters. The molecule has 0 aromatic heterocycles. The van der Waals surface area contributed by atoms with Gasteiger partial charge in [0.05, 0.1) is 7.11 Å². The summed E-state index contributed by atoms with van der Waals surface area (Å²) in [6.07, 6.45) is 0.705. The van der Waals surface area contributed by atoms with Crippen molar-refractivity contribution in [1.82, 2.24) is 5.32 Å². The first-order valence-corrected chi connectivity index (χ1v) is 7.62. The molecular formula is C18H21N3O3. The number of ether oxygens (including phenoxy) is 1. The molecule has 0 heterocycles. The third-order valence-electron chi connectivity index (χ3n) is 3.27. The average Bonchev–Trinajstić information content (AvgIpc) is 2.54. The Balaban J connectivity index is 1.81. The molecule has 2 aromatic carbocycles. The molecule has 0 spiro atoms. The summed E-state index contributed by atoms with van der Waals surface area (Å²) in [6.45, 7) is 1.94. The molecule has 0 fully saturated rings. The van der Waals surface area contributed by atoms with E-state index in [2.05, 4.69) is 16.0 Å². The van der Waals surface area contributed by atoms with Crippen LogP contribution in [0.2, 0.25) is 0 Å². The molecular weight excluding hydrogens is 306 g/mol. The monoisotopic (exact) mass is 327 g/mol. The molecule has 0 bridgehead atoms. The summed E-state index contributed by atoms with van der Waals surface area (Å²) < 4.78 is 5.17. The van der Waals surface area contributed by atoms with Gasteiger partial charge in [0, 0.05) is 24.8 Å². The van der Waals surface area contributed by atoms with Gasteiger partial charge in [-0.3, -0.25) is 4.79 Å². The Kier molecular flexibility index (Phi) is 6.19. The second kappa shape index (κ2) is 8.57. The number of urea groups is 1. The Morgan fingerprint density at radius 2 is 1.71 bits per heavy atom. The Labute approximate surface area is 141 Å². The smallest absolute Gasteiger partial charge is 0.319 e. The Bertz CT molecular complexity index is 716. The molecule has 0 aliphatic carbocycles. The van der Waals surface area contributed by atoms with Gasteiger partial charge in [-0.25, -0.2) is 4.79 Å². The van der Waals surface area contributed by atoms with Crippen LogP contribution in [0.1, 0.15) is 12.5 Å². The molecule has 0 aliphatic heterocycles. The predicted octanol–water partition coefficient (Wildman–Crippen LogP) is 3.02. The molecule has 2 aromatic rings. The molecule has 2 rings (SSSR count). The van der Waals surface area contributed by atoms with Crippen molar-refractivity contribution in [2.75, 3.05) is 24.3 Å². The van der Waals surface area contributed by atoms with E-state index in [0.717, 1.165) is 11.3 Å². The number of carbonyl (C=O) groups is 2. The van der Waals surface area contributed by atoms with Gasteiger partial charge < -0.3 is 20.7 Å². The molecule has 0 radical (unpaired) electrons. The second-order valence-corrected chi connectivity index (χ2v) is 5.24. The largest absolute Gasteiger partial charge is 0.497 e. The lowest BCUT2D eigenvalue weighted by Gasteiger charge is -2.10. The van der Waals surface area contributed by atoms with Gasteiger partial charge in [-0.15, -0.1) is 0 Å². The Morgan fingerprint density at radius 1 is 1.00 bits per heavy atom. The Hall–Kier alpha value is -3.02. The maximum atomic E-state index is 11.9. The summed E-state index contributed by atoms with van der Waals surface area (Å²) in [5.74, 6) is 0.640. The fourth-order valence-corrected chi connectivity index (χ4v) is 2.20.